The van der Waals surface area contributed by atoms with Gasteiger partial charge in [0.25, 0.3) is 0 Å². The lowest BCUT2D eigenvalue weighted by atomic mass is 9.80. The fourth-order valence-corrected chi connectivity index (χ4v) is 2.15. The summed E-state index contributed by atoms with van der Waals surface area (Å²) in [6.07, 6.45) is 4.42. The Hall–Kier alpha value is -1.29. The van der Waals surface area contributed by atoms with Gasteiger partial charge in [0.1, 0.15) is 0 Å². The third-order valence-electron chi connectivity index (χ3n) is 2.94. The van der Waals surface area contributed by atoms with Crippen LogP contribution in [0.3, 0.4) is 0 Å². The Kier molecular flexibility index (Phi) is 2.06. The van der Waals surface area contributed by atoms with Crippen LogP contribution in [0.4, 0.5) is 0 Å². The van der Waals surface area contributed by atoms with Crippen molar-refractivity contribution in [2.24, 2.45) is 0 Å². The molecule has 1 aromatic carbocycles. The summed E-state index contributed by atoms with van der Waals surface area (Å²) in [5.74, 6) is 0. The molecule has 1 aliphatic carbocycles. The molecule has 0 saturated heterocycles. The molecular formula is C12H12N. The van der Waals surface area contributed by atoms with Gasteiger partial charge in [0.2, 0.25) is 0 Å². The standard InChI is InChI=1S/C12H12N/c13-10-12(8-4-5-9-12)11-6-2-1-3-7-11/h2-3,6-7H,4-5,8-9H2. The van der Waals surface area contributed by atoms with Crippen LogP contribution < -0.4 is 0 Å². The largest absolute Gasteiger partial charge is 0.197 e. The molecule has 1 aliphatic rings. The Bertz CT molecular complexity index is 315. The van der Waals surface area contributed by atoms with Gasteiger partial charge in [-0.05, 0) is 24.5 Å². The Morgan fingerprint density at radius 3 is 2.38 bits per heavy atom. The van der Waals surface area contributed by atoms with Crippen molar-refractivity contribution in [3.63, 3.8) is 0 Å². The highest BCUT2D eigenvalue weighted by atomic mass is 14.4. The van der Waals surface area contributed by atoms with E-state index in [0.29, 0.717) is 0 Å². The first kappa shape index (κ1) is 8.31. The van der Waals surface area contributed by atoms with Gasteiger partial charge >= 0.3 is 0 Å². The topological polar surface area (TPSA) is 23.8 Å². The molecule has 1 fully saturated rings. The summed E-state index contributed by atoms with van der Waals surface area (Å²) in [5.41, 5.74) is 0.987. The van der Waals surface area contributed by atoms with Crippen LogP contribution in [-0.4, -0.2) is 0 Å². The summed E-state index contributed by atoms with van der Waals surface area (Å²) in [4.78, 5) is 0. The average molecular weight is 170 g/mol. The number of benzene rings is 1. The van der Waals surface area contributed by atoms with Crippen LogP contribution in [0.15, 0.2) is 24.3 Å². The van der Waals surface area contributed by atoms with Crippen LogP contribution in [0.1, 0.15) is 31.2 Å². The number of rotatable bonds is 1. The normalized spacial score (nSPS) is 19.6. The van der Waals surface area contributed by atoms with Gasteiger partial charge in [0.05, 0.1) is 11.5 Å². The van der Waals surface area contributed by atoms with Crippen LogP contribution in [-0.2, 0) is 5.41 Å². The van der Waals surface area contributed by atoms with Gasteiger partial charge in [-0.25, -0.2) is 0 Å². The Morgan fingerprint density at radius 2 is 1.85 bits per heavy atom. The van der Waals surface area contributed by atoms with E-state index in [2.05, 4.69) is 12.1 Å². The molecule has 2 rings (SSSR count). The van der Waals surface area contributed by atoms with Crippen molar-refractivity contribution < 1.29 is 0 Å². The van der Waals surface area contributed by atoms with Crippen LogP contribution in [0, 0.1) is 17.4 Å². The van der Waals surface area contributed by atoms with E-state index in [4.69, 9.17) is 0 Å². The second-order valence-electron chi connectivity index (χ2n) is 3.69. The second kappa shape index (κ2) is 3.22. The zero-order chi connectivity index (χ0) is 9.15. The molecule has 1 saturated carbocycles. The molecule has 65 valence electrons. The molecule has 0 N–H and O–H groups in total. The first-order chi connectivity index (χ1) is 6.37. The third kappa shape index (κ3) is 1.33. The van der Waals surface area contributed by atoms with E-state index < -0.39 is 0 Å². The molecule has 0 unspecified atom stereocenters. The monoisotopic (exact) mass is 170 g/mol. The molecular weight excluding hydrogens is 158 g/mol. The molecule has 0 spiro atoms. The van der Waals surface area contributed by atoms with Crippen molar-refractivity contribution in [2.45, 2.75) is 31.1 Å². The van der Waals surface area contributed by atoms with Crippen molar-refractivity contribution in [1.82, 2.24) is 0 Å². The van der Waals surface area contributed by atoms with E-state index >= 15 is 0 Å². The molecule has 1 radical (unpaired) electrons. The molecule has 13 heavy (non-hydrogen) atoms. The molecule has 0 amide bonds. The maximum absolute atomic E-state index is 9.21. The lowest BCUT2D eigenvalue weighted by Crippen LogP contribution is -2.18. The van der Waals surface area contributed by atoms with Crippen molar-refractivity contribution in [1.29, 1.82) is 5.26 Å². The van der Waals surface area contributed by atoms with Crippen molar-refractivity contribution >= 4 is 0 Å². The summed E-state index contributed by atoms with van der Waals surface area (Å²) >= 11 is 0. The van der Waals surface area contributed by atoms with E-state index in [1.54, 1.807) is 0 Å². The van der Waals surface area contributed by atoms with Crippen LogP contribution in [0.2, 0.25) is 0 Å². The predicted octanol–water partition coefficient (Wildman–Crippen LogP) is 2.82. The highest BCUT2D eigenvalue weighted by Crippen LogP contribution is 2.40. The maximum atomic E-state index is 9.21. The van der Waals surface area contributed by atoms with Gasteiger partial charge in [0, 0.05) is 0 Å². The average Bonchev–Trinajstić information content (AvgIpc) is 2.69. The Labute approximate surface area is 79.0 Å². The van der Waals surface area contributed by atoms with Gasteiger partial charge in [-0.3, -0.25) is 0 Å². The lowest BCUT2D eigenvalue weighted by Gasteiger charge is -2.20. The highest BCUT2D eigenvalue weighted by molar-refractivity contribution is 5.32. The van der Waals surface area contributed by atoms with Gasteiger partial charge in [0.15, 0.2) is 0 Å². The first-order valence-electron chi connectivity index (χ1n) is 4.75. The fourth-order valence-electron chi connectivity index (χ4n) is 2.15. The van der Waals surface area contributed by atoms with E-state index in [-0.39, 0.29) is 5.41 Å². The van der Waals surface area contributed by atoms with Crippen LogP contribution in [0.5, 0.6) is 0 Å². The number of nitriles is 1. The zero-order valence-electron chi connectivity index (χ0n) is 7.59. The lowest BCUT2D eigenvalue weighted by molar-refractivity contribution is 0.573. The third-order valence-corrected chi connectivity index (χ3v) is 2.94. The quantitative estimate of drug-likeness (QED) is 0.635. The highest BCUT2D eigenvalue weighted by Gasteiger charge is 2.35. The predicted molar refractivity (Wildman–Crippen MR) is 51.0 cm³/mol. The summed E-state index contributed by atoms with van der Waals surface area (Å²) in [6.45, 7) is 0. The van der Waals surface area contributed by atoms with Gasteiger partial charge in [-0.15, -0.1) is 0 Å². The molecule has 1 aromatic rings. The number of hydrogen-bond donors (Lipinski definition) is 0. The van der Waals surface area contributed by atoms with Crippen LogP contribution in [0.25, 0.3) is 0 Å². The maximum Gasteiger partial charge on any atom is 0.0822 e. The summed E-state index contributed by atoms with van der Waals surface area (Å²) in [6, 6.07) is 13.3. The minimum Gasteiger partial charge on any atom is -0.197 e. The van der Waals surface area contributed by atoms with Crippen molar-refractivity contribution in [3.05, 3.63) is 35.9 Å². The number of nitrogens with zero attached hydrogens (tertiary/aromatic N) is 1. The molecule has 1 nitrogen and oxygen atoms in total. The second-order valence-corrected chi connectivity index (χ2v) is 3.69. The minimum absolute atomic E-state index is 0.185. The summed E-state index contributed by atoms with van der Waals surface area (Å²) < 4.78 is 0. The van der Waals surface area contributed by atoms with E-state index in [1.807, 2.05) is 24.3 Å². The molecule has 0 aromatic heterocycles. The minimum atomic E-state index is -0.185. The zero-order valence-corrected chi connectivity index (χ0v) is 7.59. The summed E-state index contributed by atoms with van der Waals surface area (Å²) in [5, 5.41) is 9.21. The van der Waals surface area contributed by atoms with Crippen molar-refractivity contribution in [3.8, 4) is 6.07 Å². The first-order valence-corrected chi connectivity index (χ1v) is 4.75. The fraction of sp³-hybridized carbons (Fsp3) is 0.417. The van der Waals surface area contributed by atoms with Crippen LogP contribution >= 0.6 is 0 Å². The SMILES string of the molecule is N#CC1(c2cc[c]cc2)CCCC1. The van der Waals surface area contributed by atoms with Gasteiger partial charge < -0.3 is 0 Å². The summed E-state index contributed by atoms with van der Waals surface area (Å²) in [7, 11) is 0. The smallest absolute Gasteiger partial charge is 0.0822 e. The molecule has 1 heteroatoms. The molecule has 0 heterocycles. The molecule has 0 atom stereocenters. The van der Waals surface area contributed by atoms with E-state index in [9.17, 15) is 5.26 Å². The van der Waals surface area contributed by atoms with Crippen molar-refractivity contribution in [2.75, 3.05) is 0 Å². The Balaban J connectivity index is 2.38. The van der Waals surface area contributed by atoms with Gasteiger partial charge in [-0.2, -0.15) is 5.26 Å². The number of hydrogen-bond acceptors (Lipinski definition) is 1. The molecule has 0 aliphatic heterocycles. The molecule has 0 bridgehead atoms. The van der Waals surface area contributed by atoms with E-state index in [0.717, 1.165) is 12.8 Å². The van der Waals surface area contributed by atoms with Gasteiger partial charge in [-0.1, -0.05) is 37.1 Å². The Morgan fingerprint density at radius 1 is 1.23 bits per heavy atom. The van der Waals surface area contributed by atoms with E-state index in [1.165, 1.54) is 18.4 Å².